The van der Waals surface area contributed by atoms with Gasteiger partial charge in [-0.3, -0.25) is 0 Å². The molecular weight excluding hydrogens is 136 g/mol. The highest BCUT2D eigenvalue weighted by Gasteiger charge is 1.91. The van der Waals surface area contributed by atoms with Crippen LogP contribution in [0.15, 0.2) is 0 Å². The lowest BCUT2D eigenvalue weighted by Gasteiger charge is -2.00. The van der Waals surface area contributed by atoms with Gasteiger partial charge in [-0.15, -0.1) is 0 Å². The summed E-state index contributed by atoms with van der Waals surface area (Å²) in [6.07, 6.45) is 0. The molecule has 0 amide bonds. The van der Waals surface area contributed by atoms with Crippen molar-refractivity contribution < 1.29 is 0 Å². The van der Waals surface area contributed by atoms with Crippen LogP contribution in [0.4, 0.5) is 0 Å². The third kappa shape index (κ3) is 6.70. The second-order valence-corrected chi connectivity index (χ2v) is 3.73. The van der Waals surface area contributed by atoms with E-state index in [-0.39, 0.29) is 0 Å². The molecule has 1 radical (unpaired) electrons. The molecule has 0 nitrogen and oxygen atoms in total. The average molecular weight is 149 g/mol. The lowest BCUT2D eigenvalue weighted by atomic mass is 10.3. The van der Waals surface area contributed by atoms with Gasteiger partial charge in [0.05, 0.1) is 0 Å². The molecule has 0 N–H and O–H groups in total. The van der Waals surface area contributed by atoms with E-state index in [0.717, 1.165) is 17.4 Å². The Labute approximate surface area is 61.8 Å². The van der Waals surface area contributed by atoms with Gasteiger partial charge in [0, 0.05) is 11.5 Å². The molecule has 0 aromatic heterocycles. The lowest BCUT2D eigenvalue weighted by molar-refractivity contribution is 0.750. The van der Waals surface area contributed by atoms with Crippen LogP contribution in [0.1, 0.15) is 13.8 Å². The Balaban J connectivity index is 2.72. The SMILES string of the molecule is CC(C)CSCC[S]. The zero-order valence-electron chi connectivity index (χ0n) is 5.52. The Bertz CT molecular complexity index is 43.8. The van der Waals surface area contributed by atoms with Gasteiger partial charge in [-0.25, -0.2) is 0 Å². The van der Waals surface area contributed by atoms with Crippen molar-refractivity contribution in [2.24, 2.45) is 5.92 Å². The molecule has 0 saturated carbocycles. The summed E-state index contributed by atoms with van der Waals surface area (Å²) in [6.45, 7) is 4.47. The summed E-state index contributed by atoms with van der Waals surface area (Å²) in [6, 6.07) is 0. The number of thioether (sulfide) groups is 1. The topological polar surface area (TPSA) is 0 Å². The van der Waals surface area contributed by atoms with Crippen LogP contribution in [-0.2, 0) is 0 Å². The fraction of sp³-hybridized carbons (Fsp3) is 1.00. The van der Waals surface area contributed by atoms with E-state index in [9.17, 15) is 0 Å². The average Bonchev–Trinajstić information content (AvgIpc) is 1.66. The van der Waals surface area contributed by atoms with Crippen molar-refractivity contribution in [3.8, 4) is 0 Å². The molecule has 0 bridgehead atoms. The summed E-state index contributed by atoms with van der Waals surface area (Å²) in [5.41, 5.74) is 0. The Kier molecular flexibility index (Phi) is 6.34. The first kappa shape index (κ1) is 8.70. The van der Waals surface area contributed by atoms with Crippen molar-refractivity contribution in [2.75, 3.05) is 17.3 Å². The zero-order chi connectivity index (χ0) is 6.41. The van der Waals surface area contributed by atoms with Crippen LogP contribution >= 0.6 is 24.4 Å². The summed E-state index contributed by atoms with van der Waals surface area (Å²) in [4.78, 5) is 0. The molecule has 0 spiro atoms. The van der Waals surface area contributed by atoms with Gasteiger partial charge in [0.15, 0.2) is 0 Å². The third-order valence-electron chi connectivity index (χ3n) is 0.679. The summed E-state index contributed by atoms with van der Waals surface area (Å²) in [5, 5.41) is 0. The van der Waals surface area contributed by atoms with Gasteiger partial charge < -0.3 is 0 Å². The molecule has 0 heterocycles. The molecule has 0 saturated heterocycles. The van der Waals surface area contributed by atoms with Gasteiger partial charge >= 0.3 is 0 Å². The smallest absolute Gasteiger partial charge is 0.0128 e. The second-order valence-electron chi connectivity index (χ2n) is 2.17. The molecule has 0 atom stereocenters. The van der Waals surface area contributed by atoms with Crippen LogP contribution in [0.3, 0.4) is 0 Å². The standard InChI is InChI=1S/C6H13S2/c1-6(2)5-8-4-3-7/h6H,3-5H2,1-2H3. The Hall–Kier alpha value is 0.700. The molecule has 8 heavy (non-hydrogen) atoms. The Morgan fingerprint density at radius 1 is 1.50 bits per heavy atom. The first-order valence-corrected chi connectivity index (χ1v) is 4.66. The van der Waals surface area contributed by atoms with Gasteiger partial charge in [0.2, 0.25) is 0 Å². The predicted molar refractivity (Wildman–Crippen MR) is 44.6 cm³/mol. The van der Waals surface area contributed by atoms with Crippen LogP contribution in [0.25, 0.3) is 0 Å². The maximum Gasteiger partial charge on any atom is 0.0128 e. The Morgan fingerprint density at radius 2 is 2.12 bits per heavy atom. The molecule has 0 aliphatic heterocycles. The summed E-state index contributed by atoms with van der Waals surface area (Å²) >= 11 is 6.74. The number of rotatable bonds is 4. The van der Waals surface area contributed by atoms with Crippen LogP contribution in [-0.4, -0.2) is 17.3 Å². The van der Waals surface area contributed by atoms with E-state index in [1.54, 1.807) is 0 Å². The minimum Gasteiger partial charge on any atom is -0.161 e. The molecule has 0 aliphatic rings. The minimum atomic E-state index is 0.821. The summed E-state index contributed by atoms with van der Waals surface area (Å²) in [7, 11) is 0. The fourth-order valence-corrected chi connectivity index (χ4v) is 1.49. The van der Waals surface area contributed by atoms with E-state index in [1.165, 1.54) is 5.75 Å². The van der Waals surface area contributed by atoms with Crippen LogP contribution in [0.5, 0.6) is 0 Å². The van der Waals surface area contributed by atoms with Crippen LogP contribution in [0, 0.1) is 5.92 Å². The Morgan fingerprint density at radius 3 is 2.50 bits per heavy atom. The van der Waals surface area contributed by atoms with Gasteiger partial charge in [-0.1, -0.05) is 26.5 Å². The highest BCUT2D eigenvalue weighted by atomic mass is 32.2. The highest BCUT2D eigenvalue weighted by molar-refractivity contribution is 7.99. The van der Waals surface area contributed by atoms with Crippen LogP contribution in [0.2, 0.25) is 0 Å². The zero-order valence-corrected chi connectivity index (χ0v) is 7.15. The van der Waals surface area contributed by atoms with E-state index >= 15 is 0 Å². The molecule has 0 fully saturated rings. The largest absolute Gasteiger partial charge is 0.161 e. The predicted octanol–water partition coefficient (Wildman–Crippen LogP) is 2.57. The van der Waals surface area contributed by atoms with Crippen molar-refractivity contribution in [2.45, 2.75) is 13.8 Å². The van der Waals surface area contributed by atoms with Crippen molar-refractivity contribution >= 4 is 24.4 Å². The van der Waals surface area contributed by atoms with E-state index in [1.807, 2.05) is 11.8 Å². The molecule has 0 aromatic carbocycles. The quantitative estimate of drug-likeness (QED) is 0.554. The molecule has 2 heteroatoms. The number of hydrogen-bond acceptors (Lipinski definition) is 1. The van der Waals surface area contributed by atoms with E-state index < -0.39 is 0 Å². The van der Waals surface area contributed by atoms with Crippen molar-refractivity contribution in [1.82, 2.24) is 0 Å². The normalized spacial score (nSPS) is 10.5. The highest BCUT2D eigenvalue weighted by Crippen LogP contribution is 2.06. The second kappa shape index (κ2) is 5.83. The first-order valence-electron chi connectivity index (χ1n) is 2.93. The van der Waals surface area contributed by atoms with Crippen molar-refractivity contribution in [3.05, 3.63) is 0 Å². The molecular formula is C6H13S2. The third-order valence-corrected chi connectivity index (χ3v) is 2.54. The van der Waals surface area contributed by atoms with E-state index in [0.29, 0.717) is 0 Å². The summed E-state index contributed by atoms with van der Waals surface area (Å²) < 4.78 is 0. The van der Waals surface area contributed by atoms with E-state index in [4.69, 9.17) is 12.6 Å². The molecule has 0 rings (SSSR count). The van der Waals surface area contributed by atoms with Gasteiger partial charge in [0.25, 0.3) is 0 Å². The molecule has 49 valence electrons. The lowest BCUT2D eigenvalue weighted by Crippen LogP contribution is -1.92. The molecule has 0 aliphatic carbocycles. The van der Waals surface area contributed by atoms with Gasteiger partial charge in [-0.2, -0.15) is 11.8 Å². The maximum absolute atomic E-state index is 4.78. The molecule has 0 aromatic rings. The van der Waals surface area contributed by atoms with Crippen molar-refractivity contribution in [1.29, 1.82) is 0 Å². The first-order chi connectivity index (χ1) is 3.77. The van der Waals surface area contributed by atoms with Gasteiger partial charge in [0.1, 0.15) is 0 Å². The van der Waals surface area contributed by atoms with Crippen LogP contribution < -0.4 is 0 Å². The maximum atomic E-state index is 4.78. The monoisotopic (exact) mass is 149 g/mol. The van der Waals surface area contributed by atoms with E-state index in [2.05, 4.69) is 13.8 Å². The van der Waals surface area contributed by atoms with Crippen molar-refractivity contribution in [3.63, 3.8) is 0 Å². The number of hydrogen-bond donors (Lipinski definition) is 0. The molecule has 0 unspecified atom stereocenters. The summed E-state index contributed by atoms with van der Waals surface area (Å²) in [5.74, 6) is 4.13. The fourth-order valence-electron chi connectivity index (χ4n) is 0.378. The minimum absolute atomic E-state index is 0.821. The van der Waals surface area contributed by atoms with Gasteiger partial charge in [-0.05, 0) is 11.7 Å².